The van der Waals surface area contributed by atoms with Crippen molar-refractivity contribution in [1.29, 1.82) is 0 Å². The van der Waals surface area contributed by atoms with Crippen LogP contribution in [0.2, 0.25) is 5.02 Å². The number of benzene rings is 2. The largest absolute Gasteiger partial charge is 0.357 e. The Bertz CT molecular complexity index is 952. The number of amides is 2. The number of hydrogen-bond donors (Lipinski definition) is 2. The molecule has 2 aromatic carbocycles. The summed E-state index contributed by atoms with van der Waals surface area (Å²) in [4.78, 5) is 32.4. The molecule has 2 amide bonds. The van der Waals surface area contributed by atoms with Crippen LogP contribution in [0.25, 0.3) is 0 Å². The van der Waals surface area contributed by atoms with E-state index in [2.05, 4.69) is 10.6 Å². The summed E-state index contributed by atoms with van der Waals surface area (Å²) >= 11 is 6.29. The van der Waals surface area contributed by atoms with E-state index in [1.54, 1.807) is 17.0 Å². The Morgan fingerprint density at radius 2 is 1.94 bits per heavy atom. The second-order valence-electron chi connectivity index (χ2n) is 7.39. The Morgan fingerprint density at radius 3 is 2.59 bits per heavy atom. The fourth-order valence-electron chi connectivity index (χ4n) is 3.34. The highest BCUT2D eigenvalue weighted by molar-refractivity contribution is 14.0. The SMILES string of the molecule is CCNC(=NCc1ccc(C(=O)N2CCNC(=O)C2)cc1)N(C)Cc1ccccc1Cl.I. The Hall–Kier alpha value is -2.33. The summed E-state index contributed by atoms with van der Waals surface area (Å²) in [7, 11) is 1.97. The lowest BCUT2D eigenvalue weighted by Gasteiger charge is -2.26. The lowest BCUT2D eigenvalue weighted by atomic mass is 10.1. The van der Waals surface area contributed by atoms with Crippen LogP contribution in [0.4, 0.5) is 0 Å². The van der Waals surface area contributed by atoms with E-state index in [1.165, 1.54) is 0 Å². The molecule has 1 aliphatic heterocycles. The molecular formula is C23H29ClIN5O2. The molecule has 1 fully saturated rings. The molecule has 1 heterocycles. The molecule has 1 saturated heterocycles. The molecule has 3 rings (SSSR count). The molecule has 0 radical (unpaired) electrons. The number of nitrogens with one attached hydrogen (secondary N) is 2. The first-order valence-corrected chi connectivity index (χ1v) is 10.7. The van der Waals surface area contributed by atoms with E-state index in [1.807, 2.05) is 55.3 Å². The molecule has 9 heteroatoms. The van der Waals surface area contributed by atoms with Crippen molar-refractivity contribution in [1.82, 2.24) is 20.4 Å². The molecule has 0 saturated carbocycles. The highest BCUT2D eigenvalue weighted by atomic mass is 127. The number of hydrogen-bond acceptors (Lipinski definition) is 3. The smallest absolute Gasteiger partial charge is 0.254 e. The van der Waals surface area contributed by atoms with Crippen molar-refractivity contribution in [3.63, 3.8) is 0 Å². The number of carbonyl (C=O) groups is 2. The van der Waals surface area contributed by atoms with Crippen LogP contribution in [0.3, 0.4) is 0 Å². The third kappa shape index (κ3) is 7.09. The Kier molecular flexibility index (Phi) is 10.2. The first-order valence-electron chi connectivity index (χ1n) is 10.4. The van der Waals surface area contributed by atoms with Gasteiger partial charge in [-0.25, -0.2) is 4.99 Å². The Labute approximate surface area is 211 Å². The van der Waals surface area contributed by atoms with Crippen molar-refractivity contribution < 1.29 is 9.59 Å². The van der Waals surface area contributed by atoms with Gasteiger partial charge >= 0.3 is 0 Å². The molecule has 2 N–H and O–H groups in total. The van der Waals surface area contributed by atoms with Crippen molar-refractivity contribution in [3.05, 3.63) is 70.2 Å². The predicted octanol–water partition coefficient (Wildman–Crippen LogP) is 3.13. The van der Waals surface area contributed by atoms with Gasteiger partial charge in [0.1, 0.15) is 0 Å². The van der Waals surface area contributed by atoms with Crippen LogP contribution in [0.1, 0.15) is 28.4 Å². The van der Waals surface area contributed by atoms with Gasteiger partial charge in [-0.3, -0.25) is 9.59 Å². The van der Waals surface area contributed by atoms with E-state index in [0.29, 0.717) is 31.7 Å². The van der Waals surface area contributed by atoms with Gasteiger partial charge in [-0.2, -0.15) is 0 Å². The van der Waals surface area contributed by atoms with Crippen molar-refractivity contribution >= 4 is 53.4 Å². The summed E-state index contributed by atoms with van der Waals surface area (Å²) in [6.45, 7) is 5.03. The lowest BCUT2D eigenvalue weighted by molar-refractivity contribution is -0.123. The highest BCUT2D eigenvalue weighted by Gasteiger charge is 2.22. The van der Waals surface area contributed by atoms with Gasteiger partial charge < -0.3 is 20.4 Å². The van der Waals surface area contributed by atoms with Crippen LogP contribution in [0.5, 0.6) is 0 Å². The van der Waals surface area contributed by atoms with Crippen molar-refractivity contribution in [2.75, 3.05) is 33.2 Å². The van der Waals surface area contributed by atoms with Crippen LogP contribution in [0, 0.1) is 0 Å². The molecule has 0 aromatic heterocycles. The van der Waals surface area contributed by atoms with Crippen LogP contribution in [0.15, 0.2) is 53.5 Å². The minimum atomic E-state index is -0.127. The van der Waals surface area contributed by atoms with Crippen molar-refractivity contribution in [2.45, 2.75) is 20.0 Å². The van der Waals surface area contributed by atoms with Crippen LogP contribution in [-0.4, -0.2) is 60.8 Å². The van der Waals surface area contributed by atoms with Gasteiger partial charge in [0.15, 0.2) is 5.96 Å². The van der Waals surface area contributed by atoms with Crippen LogP contribution in [-0.2, 0) is 17.9 Å². The van der Waals surface area contributed by atoms with E-state index in [-0.39, 0.29) is 42.3 Å². The highest BCUT2D eigenvalue weighted by Crippen LogP contribution is 2.16. The zero-order chi connectivity index (χ0) is 22.2. The number of guanidine groups is 1. The maximum Gasteiger partial charge on any atom is 0.254 e. The first-order chi connectivity index (χ1) is 15.0. The fourth-order valence-corrected chi connectivity index (χ4v) is 3.54. The molecule has 0 unspecified atom stereocenters. The van der Waals surface area contributed by atoms with Crippen LogP contribution >= 0.6 is 35.6 Å². The maximum atomic E-state index is 12.6. The third-order valence-electron chi connectivity index (χ3n) is 5.00. The second kappa shape index (κ2) is 12.6. The summed E-state index contributed by atoms with van der Waals surface area (Å²) in [5.41, 5.74) is 2.60. The minimum Gasteiger partial charge on any atom is -0.357 e. The number of rotatable bonds is 6. The molecule has 2 aromatic rings. The standard InChI is InChI=1S/C23H28ClN5O2.HI/c1-3-25-23(28(2)15-19-6-4-5-7-20(19)24)27-14-17-8-10-18(11-9-17)22(31)29-13-12-26-21(30)16-29;/h4-11H,3,12-16H2,1-2H3,(H,25,27)(H,26,30);1H. The number of nitrogens with zero attached hydrogens (tertiary/aromatic N) is 3. The second-order valence-corrected chi connectivity index (χ2v) is 7.80. The topological polar surface area (TPSA) is 77.0 Å². The molecule has 172 valence electrons. The van der Waals surface area contributed by atoms with Crippen molar-refractivity contribution in [2.24, 2.45) is 4.99 Å². The fraction of sp³-hybridized carbons (Fsp3) is 0.348. The van der Waals surface area contributed by atoms with Gasteiger partial charge in [0.2, 0.25) is 5.91 Å². The molecule has 0 aliphatic carbocycles. The van der Waals surface area contributed by atoms with Crippen molar-refractivity contribution in [3.8, 4) is 0 Å². The average Bonchev–Trinajstić information content (AvgIpc) is 2.78. The maximum absolute atomic E-state index is 12.6. The quantitative estimate of drug-likeness (QED) is 0.319. The van der Waals surface area contributed by atoms with Gasteiger partial charge in [0.05, 0.1) is 13.1 Å². The van der Waals surface area contributed by atoms with E-state index in [9.17, 15) is 9.59 Å². The van der Waals surface area contributed by atoms with E-state index >= 15 is 0 Å². The molecule has 0 bridgehead atoms. The summed E-state index contributed by atoms with van der Waals surface area (Å²) in [5.74, 6) is 0.530. The monoisotopic (exact) mass is 569 g/mol. The lowest BCUT2D eigenvalue weighted by Crippen LogP contribution is -2.49. The minimum absolute atomic E-state index is 0. The van der Waals surface area contributed by atoms with Crippen LogP contribution < -0.4 is 10.6 Å². The van der Waals surface area contributed by atoms with Gasteiger partial charge in [-0.1, -0.05) is 41.9 Å². The molecule has 32 heavy (non-hydrogen) atoms. The molecule has 0 atom stereocenters. The number of aliphatic imine (C=N–C) groups is 1. The number of carbonyl (C=O) groups excluding carboxylic acids is 2. The molecule has 0 spiro atoms. The van der Waals surface area contributed by atoms with E-state index < -0.39 is 0 Å². The molecule has 7 nitrogen and oxygen atoms in total. The van der Waals surface area contributed by atoms with Gasteiger partial charge in [0, 0.05) is 43.8 Å². The Balaban J connectivity index is 0.00000363. The average molecular weight is 570 g/mol. The van der Waals surface area contributed by atoms with Gasteiger partial charge in [0.25, 0.3) is 5.91 Å². The molecular weight excluding hydrogens is 541 g/mol. The number of piperazine rings is 1. The summed E-state index contributed by atoms with van der Waals surface area (Å²) in [6, 6.07) is 15.2. The summed E-state index contributed by atoms with van der Waals surface area (Å²) in [6.07, 6.45) is 0. The summed E-state index contributed by atoms with van der Waals surface area (Å²) in [5, 5.41) is 6.76. The van der Waals surface area contributed by atoms with E-state index in [0.717, 1.165) is 28.7 Å². The first kappa shape index (κ1) is 25.9. The molecule has 1 aliphatic rings. The Morgan fingerprint density at radius 1 is 1.22 bits per heavy atom. The third-order valence-corrected chi connectivity index (χ3v) is 5.37. The number of halogens is 2. The van der Waals surface area contributed by atoms with Gasteiger partial charge in [-0.05, 0) is 36.2 Å². The zero-order valence-corrected chi connectivity index (χ0v) is 21.4. The summed E-state index contributed by atoms with van der Waals surface area (Å²) < 4.78 is 0. The normalized spacial score (nSPS) is 13.8. The zero-order valence-electron chi connectivity index (χ0n) is 18.3. The predicted molar refractivity (Wildman–Crippen MR) is 139 cm³/mol. The van der Waals surface area contributed by atoms with E-state index in [4.69, 9.17) is 16.6 Å². The van der Waals surface area contributed by atoms with Gasteiger partial charge in [-0.15, -0.1) is 24.0 Å².